The van der Waals surface area contributed by atoms with E-state index < -0.39 is 0 Å². The van der Waals surface area contributed by atoms with Gasteiger partial charge in [-0.2, -0.15) is 0 Å². The molecule has 3 rings (SSSR count). The summed E-state index contributed by atoms with van der Waals surface area (Å²) in [6.45, 7) is 2.16. The maximum atomic E-state index is 2.16. The summed E-state index contributed by atoms with van der Waals surface area (Å²) in [6, 6.07) is 31.2. The van der Waals surface area contributed by atoms with Gasteiger partial charge in [0.05, 0.1) is 0 Å². The molecule has 0 heterocycles. The number of aryl methyl sites for hydroxylation is 1. The first kappa shape index (κ1) is 14.1. The van der Waals surface area contributed by atoms with E-state index >= 15 is 0 Å². The molecule has 0 aromatic heterocycles. The van der Waals surface area contributed by atoms with Gasteiger partial charge in [-0.15, -0.1) is 0 Å². The van der Waals surface area contributed by atoms with Crippen molar-refractivity contribution in [2.24, 2.45) is 0 Å². The molecule has 0 fully saturated rings. The lowest BCUT2D eigenvalue weighted by atomic mass is 10.1. The zero-order valence-electron chi connectivity index (χ0n) is 11.9. The van der Waals surface area contributed by atoms with Crippen molar-refractivity contribution in [2.45, 2.75) is 13.3 Å². The summed E-state index contributed by atoms with van der Waals surface area (Å²) >= 11 is 0. The number of rotatable bonds is 2. The predicted octanol–water partition coefficient (Wildman–Crippen LogP) is 5.60. The van der Waals surface area contributed by atoms with Crippen LogP contribution in [0.3, 0.4) is 0 Å². The third-order valence-corrected chi connectivity index (χ3v) is 3.13. The van der Waals surface area contributed by atoms with E-state index in [1.165, 1.54) is 16.7 Å². The predicted molar refractivity (Wildman–Crippen MR) is 87.7 cm³/mol. The van der Waals surface area contributed by atoms with E-state index in [-0.39, 0.29) is 0 Å². The van der Waals surface area contributed by atoms with E-state index in [1.807, 2.05) is 18.2 Å². The third kappa shape index (κ3) is 4.40. The van der Waals surface area contributed by atoms with Gasteiger partial charge in [-0.05, 0) is 23.1 Å². The van der Waals surface area contributed by atoms with Crippen LogP contribution in [-0.2, 0) is 6.42 Å². The Bertz CT molecular complexity index is 545. The molecule has 0 nitrogen and oxygen atoms in total. The summed E-state index contributed by atoms with van der Waals surface area (Å²) < 4.78 is 0. The molecule has 0 saturated carbocycles. The Morgan fingerprint density at radius 1 is 0.500 bits per heavy atom. The monoisotopic (exact) mass is 260 g/mol. The zero-order valence-corrected chi connectivity index (χ0v) is 11.9. The molecule has 0 aliphatic carbocycles. The fourth-order valence-corrected chi connectivity index (χ4v) is 1.97. The maximum Gasteiger partial charge on any atom is -0.0184 e. The van der Waals surface area contributed by atoms with Crippen LogP contribution in [0.1, 0.15) is 12.5 Å². The minimum atomic E-state index is 1.14. The fourth-order valence-electron chi connectivity index (χ4n) is 1.97. The first-order chi connectivity index (χ1) is 9.90. The summed E-state index contributed by atoms with van der Waals surface area (Å²) in [7, 11) is 0. The Morgan fingerprint density at radius 3 is 1.15 bits per heavy atom. The van der Waals surface area contributed by atoms with Gasteiger partial charge in [-0.1, -0.05) is 97.9 Å². The summed E-state index contributed by atoms with van der Waals surface area (Å²) in [5.41, 5.74) is 3.96. The van der Waals surface area contributed by atoms with Crippen LogP contribution in [0, 0.1) is 0 Å². The normalized spacial score (nSPS) is 9.45. The van der Waals surface area contributed by atoms with Gasteiger partial charge < -0.3 is 0 Å². The van der Waals surface area contributed by atoms with Gasteiger partial charge in [-0.3, -0.25) is 0 Å². The SMILES string of the molecule is CCc1ccccc1.c1ccc(-c2ccccc2)cc1. The number of hydrogen-bond donors (Lipinski definition) is 0. The molecule has 0 heteroatoms. The van der Waals surface area contributed by atoms with Crippen LogP contribution in [-0.4, -0.2) is 0 Å². The highest BCUT2D eigenvalue weighted by atomic mass is 14.0. The first-order valence-electron chi connectivity index (χ1n) is 7.04. The van der Waals surface area contributed by atoms with Crippen molar-refractivity contribution >= 4 is 0 Å². The minimum absolute atomic E-state index is 1.14. The van der Waals surface area contributed by atoms with Crippen LogP contribution in [0.15, 0.2) is 91.0 Å². The first-order valence-corrected chi connectivity index (χ1v) is 7.04. The van der Waals surface area contributed by atoms with E-state index in [1.54, 1.807) is 0 Å². The van der Waals surface area contributed by atoms with Gasteiger partial charge in [0.25, 0.3) is 0 Å². The molecule has 0 amide bonds. The molecule has 0 unspecified atom stereocenters. The Balaban J connectivity index is 0.000000160. The standard InChI is InChI=1S/C12H10.C8H10/c1-3-7-11(8-4-1)12-9-5-2-6-10-12;1-2-8-6-4-3-5-7-8/h1-10H;3-7H,2H2,1H3. The summed E-state index contributed by atoms with van der Waals surface area (Å²) in [4.78, 5) is 0. The van der Waals surface area contributed by atoms with Crippen molar-refractivity contribution < 1.29 is 0 Å². The summed E-state index contributed by atoms with van der Waals surface area (Å²) in [6.07, 6.45) is 1.14. The van der Waals surface area contributed by atoms with Crippen molar-refractivity contribution in [3.63, 3.8) is 0 Å². The highest BCUT2D eigenvalue weighted by molar-refractivity contribution is 5.62. The zero-order chi connectivity index (χ0) is 14.0. The smallest absolute Gasteiger partial charge is 0.0184 e. The van der Waals surface area contributed by atoms with Gasteiger partial charge in [0.2, 0.25) is 0 Å². The summed E-state index contributed by atoms with van der Waals surface area (Å²) in [5, 5.41) is 0. The second-order valence-corrected chi connectivity index (χ2v) is 4.57. The number of hydrogen-bond acceptors (Lipinski definition) is 0. The molecule has 0 saturated heterocycles. The molecule has 0 N–H and O–H groups in total. The highest BCUT2D eigenvalue weighted by Crippen LogP contribution is 2.17. The van der Waals surface area contributed by atoms with Gasteiger partial charge in [0.15, 0.2) is 0 Å². The van der Waals surface area contributed by atoms with Gasteiger partial charge in [0, 0.05) is 0 Å². The second kappa shape index (κ2) is 7.96. The number of benzene rings is 3. The van der Waals surface area contributed by atoms with Crippen molar-refractivity contribution in [3.05, 3.63) is 96.6 Å². The van der Waals surface area contributed by atoms with Crippen molar-refractivity contribution in [1.82, 2.24) is 0 Å². The molecule has 0 bridgehead atoms. The lowest BCUT2D eigenvalue weighted by Gasteiger charge is -1.98. The average molecular weight is 260 g/mol. The van der Waals surface area contributed by atoms with Crippen LogP contribution in [0.4, 0.5) is 0 Å². The molecule has 0 radical (unpaired) electrons. The second-order valence-electron chi connectivity index (χ2n) is 4.57. The van der Waals surface area contributed by atoms with Crippen LogP contribution < -0.4 is 0 Å². The van der Waals surface area contributed by atoms with E-state index in [2.05, 4.69) is 79.7 Å². The molecule has 0 aliphatic heterocycles. The molecular weight excluding hydrogens is 240 g/mol. The van der Waals surface area contributed by atoms with E-state index in [0.717, 1.165) is 6.42 Å². The fraction of sp³-hybridized carbons (Fsp3) is 0.100. The van der Waals surface area contributed by atoms with Crippen molar-refractivity contribution in [1.29, 1.82) is 0 Å². The molecule has 20 heavy (non-hydrogen) atoms. The quantitative estimate of drug-likeness (QED) is 0.562. The van der Waals surface area contributed by atoms with Crippen molar-refractivity contribution in [3.8, 4) is 11.1 Å². The van der Waals surface area contributed by atoms with Crippen LogP contribution in [0.5, 0.6) is 0 Å². The van der Waals surface area contributed by atoms with Crippen LogP contribution in [0.2, 0.25) is 0 Å². The Morgan fingerprint density at radius 2 is 0.850 bits per heavy atom. The van der Waals surface area contributed by atoms with Crippen molar-refractivity contribution in [2.75, 3.05) is 0 Å². The Hall–Kier alpha value is -2.34. The summed E-state index contributed by atoms with van der Waals surface area (Å²) in [5.74, 6) is 0. The van der Waals surface area contributed by atoms with E-state index in [0.29, 0.717) is 0 Å². The lowest BCUT2D eigenvalue weighted by molar-refractivity contribution is 1.14. The molecule has 0 aliphatic rings. The molecule has 3 aromatic carbocycles. The maximum absolute atomic E-state index is 2.16. The molecular formula is C20H20. The Labute approximate surface area is 121 Å². The lowest BCUT2D eigenvalue weighted by Crippen LogP contribution is -1.73. The largest absolute Gasteiger partial charge is 0.0622 e. The van der Waals surface area contributed by atoms with E-state index in [4.69, 9.17) is 0 Å². The minimum Gasteiger partial charge on any atom is -0.0622 e. The van der Waals surface area contributed by atoms with Gasteiger partial charge in [0.1, 0.15) is 0 Å². The van der Waals surface area contributed by atoms with Crippen LogP contribution >= 0.6 is 0 Å². The molecule has 0 atom stereocenters. The van der Waals surface area contributed by atoms with Gasteiger partial charge >= 0.3 is 0 Å². The highest BCUT2D eigenvalue weighted by Gasteiger charge is 1.91. The molecule has 3 aromatic rings. The Kier molecular flexibility index (Phi) is 5.60. The molecule has 100 valence electrons. The topological polar surface area (TPSA) is 0 Å². The average Bonchev–Trinajstić information content (AvgIpc) is 2.58. The third-order valence-electron chi connectivity index (χ3n) is 3.13. The molecule has 0 spiro atoms. The van der Waals surface area contributed by atoms with Crippen LogP contribution in [0.25, 0.3) is 11.1 Å². The van der Waals surface area contributed by atoms with E-state index in [9.17, 15) is 0 Å². The van der Waals surface area contributed by atoms with Gasteiger partial charge in [-0.25, -0.2) is 0 Å².